The Morgan fingerprint density at radius 3 is 2.75 bits per heavy atom. The number of rotatable bonds is 6. The summed E-state index contributed by atoms with van der Waals surface area (Å²) >= 11 is 0. The Hall–Kier alpha value is -1.47. The van der Waals surface area contributed by atoms with E-state index in [1.165, 1.54) is 0 Å². The predicted octanol–water partition coefficient (Wildman–Crippen LogP) is 1.27. The Kier molecular flexibility index (Phi) is 5.84. The third-order valence-electron chi connectivity index (χ3n) is 5.15. The number of amides is 1. The van der Waals surface area contributed by atoms with Gasteiger partial charge in [-0.3, -0.25) is 9.69 Å². The molecular weight excluding hydrogens is 308 g/mol. The molecule has 0 N–H and O–H groups in total. The second kappa shape index (κ2) is 8.07. The molecule has 1 aromatic rings. The monoisotopic (exact) mass is 336 g/mol. The van der Waals surface area contributed by atoms with Crippen molar-refractivity contribution >= 4 is 5.91 Å². The molecule has 2 saturated heterocycles. The Labute approximate surface area is 143 Å². The number of morpholine rings is 1. The topological polar surface area (TPSA) is 71.7 Å². The standard InChI is InChI=1S/C17H28N4O3/c1-3-14-11-21(12-15(14)20-7-9-23-10-8-20)17(22)6-4-5-16-18-13(2)19-24-16/h14-15H,3-12H2,1-2H3/t14-,15+/m1/s1. The van der Waals surface area contributed by atoms with Crippen molar-refractivity contribution in [1.82, 2.24) is 19.9 Å². The molecule has 0 radical (unpaired) electrons. The van der Waals surface area contributed by atoms with Gasteiger partial charge >= 0.3 is 0 Å². The Morgan fingerprint density at radius 2 is 2.08 bits per heavy atom. The van der Waals surface area contributed by atoms with E-state index in [1.54, 1.807) is 6.92 Å². The van der Waals surface area contributed by atoms with E-state index in [-0.39, 0.29) is 5.91 Å². The molecule has 134 valence electrons. The number of hydrogen-bond donors (Lipinski definition) is 0. The molecule has 1 amide bonds. The average molecular weight is 336 g/mol. The van der Waals surface area contributed by atoms with Gasteiger partial charge in [-0.1, -0.05) is 18.5 Å². The maximum Gasteiger partial charge on any atom is 0.226 e. The zero-order valence-corrected chi connectivity index (χ0v) is 14.7. The zero-order valence-electron chi connectivity index (χ0n) is 14.7. The highest BCUT2D eigenvalue weighted by molar-refractivity contribution is 5.76. The summed E-state index contributed by atoms with van der Waals surface area (Å²) in [4.78, 5) is 21.3. The second-order valence-corrected chi connectivity index (χ2v) is 6.77. The van der Waals surface area contributed by atoms with Crippen LogP contribution in [-0.4, -0.2) is 71.3 Å². The quantitative estimate of drug-likeness (QED) is 0.779. The minimum Gasteiger partial charge on any atom is -0.379 e. The van der Waals surface area contributed by atoms with Gasteiger partial charge < -0.3 is 14.2 Å². The van der Waals surface area contributed by atoms with Crippen molar-refractivity contribution in [2.24, 2.45) is 5.92 Å². The molecule has 3 rings (SSSR count). The number of carbonyl (C=O) groups is 1. The number of aryl methyl sites for hydroxylation is 2. The molecule has 2 aliphatic rings. The largest absolute Gasteiger partial charge is 0.379 e. The third kappa shape index (κ3) is 4.13. The number of hydrogen-bond acceptors (Lipinski definition) is 6. The van der Waals surface area contributed by atoms with Crippen LogP contribution in [0.2, 0.25) is 0 Å². The van der Waals surface area contributed by atoms with E-state index in [4.69, 9.17) is 9.26 Å². The molecule has 0 saturated carbocycles. The van der Waals surface area contributed by atoms with Gasteiger partial charge in [-0.25, -0.2) is 0 Å². The lowest BCUT2D eigenvalue weighted by Crippen LogP contribution is -2.47. The Morgan fingerprint density at radius 1 is 1.29 bits per heavy atom. The summed E-state index contributed by atoms with van der Waals surface area (Å²) in [6, 6.07) is 0.487. The van der Waals surface area contributed by atoms with Gasteiger partial charge in [0, 0.05) is 45.1 Å². The first-order chi connectivity index (χ1) is 11.7. The third-order valence-corrected chi connectivity index (χ3v) is 5.15. The fraction of sp³-hybridized carbons (Fsp3) is 0.824. The van der Waals surface area contributed by atoms with Crippen LogP contribution in [0.15, 0.2) is 4.52 Å². The van der Waals surface area contributed by atoms with Crippen LogP contribution in [0, 0.1) is 12.8 Å². The van der Waals surface area contributed by atoms with E-state index in [2.05, 4.69) is 22.0 Å². The number of aromatic nitrogens is 2. The summed E-state index contributed by atoms with van der Waals surface area (Å²) in [5, 5.41) is 3.78. The molecule has 0 bridgehead atoms. The number of nitrogens with zero attached hydrogens (tertiary/aromatic N) is 4. The lowest BCUT2D eigenvalue weighted by atomic mass is 9.99. The lowest BCUT2D eigenvalue weighted by molar-refractivity contribution is -0.130. The first-order valence-electron chi connectivity index (χ1n) is 9.06. The van der Waals surface area contributed by atoms with Crippen LogP contribution in [0.5, 0.6) is 0 Å². The summed E-state index contributed by atoms with van der Waals surface area (Å²) in [5.41, 5.74) is 0. The van der Waals surface area contributed by atoms with Crippen molar-refractivity contribution in [3.05, 3.63) is 11.7 Å². The van der Waals surface area contributed by atoms with E-state index in [0.29, 0.717) is 36.5 Å². The van der Waals surface area contributed by atoms with Crippen molar-refractivity contribution in [3.63, 3.8) is 0 Å². The normalized spacial score (nSPS) is 25.3. The van der Waals surface area contributed by atoms with Crippen molar-refractivity contribution in [2.45, 2.75) is 45.6 Å². The Balaban J connectivity index is 1.48. The highest BCUT2D eigenvalue weighted by Gasteiger charge is 2.37. The molecule has 3 heterocycles. The van der Waals surface area contributed by atoms with Gasteiger partial charge in [0.1, 0.15) is 0 Å². The first kappa shape index (κ1) is 17.4. The van der Waals surface area contributed by atoms with Crippen LogP contribution >= 0.6 is 0 Å². The number of likely N-dealkylation sites (tertiary alicyclic amines) is 1. The summed E-state index contributed by atoms with van der Waals surface area (Å²) in [6.45, 7) is 9.37. The minimum atomic E-state index is 0.250. The fourth-order valence-corrected chi connectivity index (χ4v) is 3.77. The molecule has 2 fully saturated rings. The maximum absolute atomic E-state index is 12.5. The Bertz CT molecular complexity index is 542. The molecule has 0 spiro atoms. The van der Waals surface area contributed by atoms with Crippen molar-refractivity contribution in [1.29, 1.82) is 0 Å². The fourth-order valence-electron chi connectivity index (χ4n) is 3.77. The van der Waals surface area contributed by atoms with Gasteiger partial charge in [0.15, 0.2) is 5.82 Å². The van der Waals surface area contributed by atoms with E-state index >= 15 is 0 Å². The molecule has 0 unspecified atom stereocenters. The van der Waals surface area contributed by atoms with Crippen LogP contribution in [0.4, 0.5) is 0 Å². The zero-order chi connectivity index (χ0) is 16.9. The summed E-state index contributed by atoms with van der Waals surface area (Å²) in [5.74, 6) is 2.10. The molecule has 24 heavy (non-hydrogen) atoms. The highest BCUT2D eigenvalue weighted by atomic mass is 16.5. The molecular formula is C17H28N4O3. The summed E-state index contributed by atoms with van der Waals surface area (Å²) < 4.78 is 10.6. The highest BCUT2D eigenvalue weighted by Crippen LogP contribution is 2.26. The predicted molar refractivity (Wildman–Crippen MR) is 88.5 cm³/mol. The van der Waals surface area contributed by atoms with E-state index in [1.807, 2.05) is 4.90 Å². The molecule has 2 aliphatic heterocycles. The van der Waals surface area contributed by atoms with Gasteiger partial charge in [-0.05, 0) is 19.3 Å². The average Bonchev–Trinajstić information content (AvgIpc) is 3.22. The van der Waals surface area contributed by atoms with Crippen molar-refractivity contribution in [2.75, 3.05) is 39.4 Å². The maximum atomic E-state index is 12.5. The van der Waals surface area contributed by atoms with Gasteiger partial charge in [-0.2, -0.15) is 4.98 Å². The molecule has 0 aromatic carbocycles. The SMILES string of the molecule is CC[C@@H]1CN(C(=O)CCCc2nc(C)no2)C[C@@H]1N1CCOCC1. The summed E-state index contributed by atoms with van der Waals surface area (Å²) in [7, 11) is 0. The first-order valence-corrected chi connectivity index (χ1v) is 9.06. The van der Waals surface area contributed by atoms with Crippen molar-refractivity contribution in [3.8, 4) is 0 Å². The van der Waals surface area contributed by atoms with Gasteiger partial charge in [0.05, 0.1) is 13.2 Å². The van der Waals surface area contributed by atoms with Gasteiger partial charge in [-0.15, -0.1) is 0 Å². The smallest absolute Gasteiger partial charge is 0.226 e. The van der Waals surface area contributed by atoms with Crippen molar-refractivity contribution < 1.29 is 14.1 Å². The van der Waals surface area contributed by atoms with Crippen LogP contribution in [0.1, 0.15) is 37.9 Å². The summed E-state index contributed by atoms with van der Waals surface area (Å²) in [6.07, 6.45) is 3.10. The second-order valence-electron chi connectivity index (χ2n) is 6.77. The van der Waals surface area contributed by atoms with Gasteiger partial charge in [0.25, 0.3) is 0 Å². The van der Waals surface area contributed by atoms with Crippen LogP contribution < -0.4 is 0 Å². The lowest BCUT2D eigenvalue weighted by Gasteiger charge is -2.34. The minimum absolute atomic E-state index is 0.250. The molecule has 2 atom stereocenters. The van der Waals surface area contributed by atoms with Gasteiger partial charge in [0.2, 0.25) is 11.8 Å². The molecule has 7 heteroatoms. The van der Waals surface area contributed by atoms with Crippen LogP contribution in [-0.2, 0) is 16.0 Å². The van der Waals surface area contributed by atoms with Crippen LogP contribution in [0.3, 0.4) is 0 Å². The molecule has 1 aromatic heterocycles. The van der Waals surface area contributed by atoms with Crippen LogP contribution in [0.25, 0.3) is 0 Å². The number of carbonyl (C=O) groups excluding carboxylic acids is 1. The van der Waals surface area contributed by atoms with E-state index in [9.17, 15) is 4.79 Å². The van der Waals surface area contributed by atoms with E-state index in [0.717, 1.165) is 52.2 Å². The molecule has 7 nitrogen and oxygen atoms in total. The number of ether oxygens (including phenoxy) is 1. The molecule has 0 aliphatic carbocycles. The van der Waals surface area contributed by atoms with E-state index < -0.39 is 0 Å².